The lowest BCUT2D eigenvalue weighted by Crippen LogP contribution is -2.11. The molecule has 1 aromatic carbocycles. The van der Waals surface area contributed by atoms with Gasteiger partial charge in [0.15, 0.2) is 11.6 Å². The average molecular weight is 266 g/mol. The lowest BCUT2D eigenvalue weighted by Gasteiger charge is -2.06. The fourth-order valence-corrected chi connectivity index (χ4v) is 1.53. The van der Waals surface area contributed by atoms with Crippen molar-refractivity contribution in [3.8, 4) is 5.75 Å². The zero-order chi connectivity index (χ0) is 10.7. The minimum Gasteiger partial charge on any atom is -0.504 e. The second-order valence-electron chi connectivity index (χ2n) is 2.85. The topological polar surface area (TPSA) is 32.3 Å². The Bertz CT molecular complexity index is 344. The molecule has 2 N–H and O–H groups in total. The molecule has 0 radical (unpaired) electrons. The van der Waals surface area contributed by atoms with Crippen molar-refractivity contribution in [1.82, 2.24) is 5.32 Å². The van der Waals surface area contributed by atoms with Crippen LogP contribution >= 0.6 is 15.9 Å². The lowest BCUT2D eigenvalue weighted by molar-refractivity contribution is 0.401. The number of nitrogens with one attached hydrogen (secondary N) is 1. The lowest BCUT2D eigenvalue weighted by atomic mass is 10.1. The van der Waals surface area contributed by atoms with Gasteiger partial charge in [-0.2, -0.15) is 4.39 Å². The van der Waals surface area contributed by atoms with Gasteiger partial charge in [-0.15, -0.1) is 0 Å². The van der Waals surface area contributed by atoms with Gasteiger partial charge < -0.3 is 10.4 Å². The van der Waals surface area contributed by atoms with Gasteiger partial charge in [-0.05, 0) is 47.6 Å². The van der Waals surface area contributed by atoms with E-state index < -0.39 is 17.4 Å². The highest BCUT2D eigenvalue weighted by atomic mass is 79.9. The summed E-state index contributed by atoms with van der Waals surface area (Å²) in [5.74, 6) is -2.87. The Labute approximate surface area is 89.1 Å². The Hall–Kier alpha value is -0.680. The maximum atomic E-state index is 13.2. The van der Waals surface area contributed by atoms with Crippen LogP contribution in [0, 0.1) is 11.6 Å². The fraction of sp³-hybridized carbons (Fsp3) is 0.333. The molecule has 0 saturated heterocycles. The standard InChI is InChI=1S/C9H10BrF2NO/c1-13-3-2-5-4-6(10)9(14)8(12)7(5)11/h4,13-14H,2-3H2,1H3. The molecule has 0 fully saturated rings. The molecule has 0 spiro atoms. The maximum Gasteiger partial charge on any atom is 0.201 e. The molecule has 0 heterocycles. The van der Waals surface area contributed by atoms with Crippen molar-refractivity contribution in [2.75, 3.05) is 13.6 Å². The van der Waals surface area contributed by atoms with Crippen LogP contribution in [0.1, 0.15) is 5.56 Å². The minimum absolute atomic E-state index is 0.169. The number of phenolic OH excluding ortho intramolecular Hbond substituents is 1. The van der Waals surface area contributed by atoms with Crippen LogP contribution in [0.3, 0.4) is 0 Å². The molecular formula is C9H10BrF2NO. The number of benzene rings is 1. The van der Waals surface area contributed by atoms with Crippen molar-refractivity contribution < 1.29 is 13.9 Å². The van der Waals surface area contributed by atoms with Crippen LogP contribution < -0.4 is 5.32 Å². The maximum absolute atomic E-state index is 13.2. The monoisotopic (exact) mass is 265 g/mol. The molecule has 1 aromatic rings. The quantitative estimate of drug-likeness (QED) is 0.822. The van der Waals surface area contributed by atoms with Crippen LogP contribution in [0.5, 0.6) is 5.75 Å². The molecule has 1 rings (SSSR count). The SMILES string of the molecule is CNCCc1cc(Br)c(O)c(F)c1F. The third kappa shape index (κ3) is 2.22. The number of halogens is 3. The summed E-state index contributed by atoms with van der Waals surface area (Å²) in [5.41, 5.74) is 0.238. The smallest absolute Gasteiger partial charge is 0.201 e. The van der Waals surface area contributed by atoms with Crippen molar-refractivity contribution in [2.24, 2.45) is 0 Å². The van der Waals surface area contributed by atoms with E-state index in [-0.39, 0.29) is 10.0 Å². The first kappa shape index (κ1) is 11.4. The van der Waals surface area contributed by atoms with Gasteiger partial charge >= 0.3 is 0 Å². The highest BCUT2D eigenvalue weighted by Crippen LogP contribution is 2.30. The Morgan fingerprint density at radius 2 is 2.07 bits per heavy atom. The van der Waals surface area contributed by atoms with Crippen LogP contribution in [0.25, 0.3) is 0 Å². The van der Waals surface area contributed by atoms with E-state index in [0.717, 1.165) is 0 Å². The number of hydrogen-bond acceptors (Lipinski definition) is 2. The molecule has 0 unspecified atom stereocenters. The summed E-state index contributed by atoms with van der Waals surface area (Å²) in [5, 5.41) is 11.9. The molecule has 14 heavy (non-hydrogen) atoms. The molecular weight excluding hydrogens is 256 g/mol. The molecule has 2 nitrogen and oxygen atoms in total. The van der Waals surface area contributed by atoms with Gasteiger partial charge in [0.2, 0.25) is 5.82 Å². The summed E-state index contributed by atoms with van der Waals surface area (Å²) in [4.78, 5) is 0. The van der Waals surface area contributed by atoms with Gasteiger partial charge in [-0.25, -0.2) is 4.39 Å². The normalized spacial score (nSPS) is 10.6. The molecule has 0 amide bonds. The third-order valence-electron chi connectivity index (χ3n) is 1.85. The summed E-state index contributed by atoms with van der Waals surface area (Å²) < 4.78 is 26.4. The third-order valence-corrected chi connectivity index (χ3v) is 2.46. The van der Waals surface area contributed by atoms with E-state index in [1.54, 1.807) is 7.05 Å². The van der Waals surface area contributed by atoms with Crippen molar-refractivity contribution >= 4 is 15.9 Å². The average Bonchev–Trinajstić information content (AvgIpc) is 2.18. The zero-order valence-corrected chi connectivity index (χ0v) is 9.16. The summed E-state index contributed by atoms with van der Waals surface area (Å²) >= 11 is 2.95. The van der Waals surface area contributed by atoms with Crippen molar-refractivity contribution in [3.63, 3.8) is 0 Å². The number of likely N-dealkylation sites (N-methyl/N-ethyl adjacent to an activating group) is 1. The summed E-state index contributed by atoms with van der Waals surface area (Å²) in [7, 11) is 1.73. The van der Waals surface area contributed by atoms with Crippen LogP contribution in [-0.2, 0) is 6.42 Å². The molecule has 0 saturated carbocycles. The fourth-order valence-electron chi connectivity index (χ4n) is 1.08. The van der Waals surface area contributed by atoms with E-state index in [9.17, 15) is 8.78 Å². The number of phenols is 1. The predicted molar refractivity (Wildman–Crippen MR) is 53.4 cm³/mol. The summed E-state index contributed by atoms with van der Waals surface area (Å²) in [6.45, 7) is 0.549. The molecule has 0 aliphatic carbocycles. The van der Waals surface area contributed by atoms with Gasteiger partial charge in [0.05, 0.1) is 4.47 Å². The molecule has 0 aliphatic heterocycles. The Morgan fingerprint density at radius 3 is 2.64 bits per heavy atom. The van der Waals surface area contributed by atoms with E-state index in [1.165, 1.54) is 6.07 Å². The Morgan fingerprint density at radius 1 is 1.43 bits per heavy atom. The van der Waals surface area contributed by atoms with Gasteiger partial charge in [-0.3, -0.25) is 0 Å². The zero-order valence-electron chi connectivity index (χ0n) is 7.57. The van der Waals surface area contributed by atoms with E-state index in [4.69, 9.17) is 5.11 Å². The molecule has 0 bridgehead atoms. The Balaban J connectivity index is 3.06. The number of aromatic hydroxyl groups is 1. The molecule has 78 valence electrons. The highest BCUT2D eigenvalue weighted by molar-refractivity contribution is 9.10. The first-order valence-corrected chi connectivity index (χ1v) is 4.87. The molecule has 5 heteroatoms. The minimum atomic E-state index is -1.20. The van der Waals surface area contributed by atoms with Crippen molar-refractivity contribution in [3.05, 3.63) is 27.7 Å². The van der Waals surface area contributed by atoms with Crippen LogP contribution in [0.15, 0.2) is 10.5 Å². The van der Waals surface area contributed by atoms with Gasteiger partial charge in [-0.1, -0.05) is 0 Å². The highest BCUT2D eigenvalue weighted by Gasteiger charge is 2.15. The Kier molecular flexibility index (Phi) is 3.83. The number of rotatable bonds is 3. The van der Waals surface area contributed by atoms with Crippen LogP contribution in [0.4, 0.5) is 8.78 Å². The van der Waals surface area contributed by atoms with E-state index in [2.05, 4.69) is 21.2 Å². The van der Waals surface area contributed by atoms with E-state index in [0.29, 0.717) is 13.0 Å². The number of hydrogen-bond donors (Lipinski definition) is 2. The van der Waals surface area contributed by atoms with Gasteiger partial charge in [0.1, 0.15) is 0 Å². The largest absolute Gasteiger partial charge is 0.504 e. The molecule has 0 aliphatic rings. The van der Waals surface area contributed by atoms with Gasteiger partial charge in [0.25, 0.3) is 0 Å². The predicted octanol–water partition coefficient (Wildman–Crippen LogP) is 2.19. The van der Waals surface area contributed by atoms with Crippen LogP contribution in [0.2, 0.25) is 0 Å². The van der Waals surface area contributed by atoms with E-state index >= 15 is 0 Å². The van der Waals surface area contributed by atoms with Crippen molar-refractivity contribution in [1.29, 1.82) is 0 Å². The summed E-state index contributed by atoms with van der Waals surface area (Å²) in [6, 6.07) is 1.38. The second kappa shape index (κ2) is 4.70. The van der Waals surface area contributed by atoms with Crippen molar-refractivity contribution in [2.45, 2.75) is 6.42 Å². The van der Waals surface area contributed by atoms with Crippen LogP contribution in [-0.4, -0.2) is 18.7 Å². The second-order valence-corrected chi connectivity index (χ2v) is 3.70. The first-order valence-electron chi connectivity index (χ1n) is 4.08. The molecule has 0 aromatic heterocycles. The molecule has 0 atom stereocenters. The van der Waals surface area contributed by atoms with E-state index in [1.807, 2.05) is 0 Å². The first-order chi connectivity index (χ1) is 6.57. The van der Waals surface area contributed by atoms with Gasteiger partial charge in [0, 0.05) is 0 Å². The summed E-state index contributed by atoms with van der Waals surface area (Å²) in [6.07, 6.45) is 0.373.